The number of nitrogens with one attached hydrogen (secondary N) is 1. The fraction of sp³-hybridized carbons (Fsp3) is 0.133. The lowest BCUT2D eigenvalue weighted by molar-refractivity contribution is -0.116. The third-order valence-corrected chi connectivity index (χ3v) is 3.09. The molecular formula is C15H14N4O2. The smallest absolute Gasteiger partial charge is 0.316 e. The van der Waals surface area contributed by atoms with Crippen LogP contribution in [-0.2, 0) is 11.3 Å². The Labute approximate surface area is 121 Å². The van der Waals surface area contributed by atoms with E-state index in [1.165, 1.54) is 19.5 Å². The van der Waals surface area contributed by atoms with E-state index in [1.807, 2.05) is 41.1 Å². The highest BCUT2D eigenvalue weighted by atomic mass is 16.5. The fourth-order valence-corrected chi connectivity index (χ4v) is 2.12. The molecule has 6 nitrogen and oxygen atoms in total. The predicted octanol–water partition coefficient (Wildman–Crippen LogP) is 2.08. The molecule has 0 spiro atoms. The van der Waals surface area contributed by atoms with Crippen molar-refractivity contribution in [2.45, 2.75) is 6.54 Å². The maximum atomic E-state index is 12.1. The summed E-state index contributed by atoms with van der Waals surface area (Å²) in [6, 6.07) is 10.2. The second-order valence-electron chi connectivity index (χ2n) is 4.51. The molecule has 0 aliphatic rings. The molecule has 0 unspecified atom stereocenters. The fourth-order valence-electron chi connectivity index (χ4n) is 2.12. The van der Waals surface area contributed by atoms with Gasteiger partial charge in [-0.25, -0.2) is 9.97 Å². The van der Waals surface area contributed by atoms with Crippen LogP contribution in [0.3, 0.4) is 0 Å². The second kappa shape index (κ2) is 5.62. The van der Waals surface area contributed by atoms with Gasteiger partial charge in [-0.3, -0.25) is 4.79 Å². The molecule has 2 aromatic heterocycles. The summed E-state index contributed by atoms with van der Waals surface area (Å²) in [5, 5.41) is 3.87. The number of carbonyl (C=O) groups excluding carboxylic acids is 1. The Balaban J connectivity index is 1.71. The van der Waals surface area contributed by atoms with Crippen molar-refractivity contribution in [2.75, 3.05) is 12.4 Å². The number of benzene rings is 1. The highest BCUT2D eigenvalue weighted by molar-refractivity contribution is 5.91. The van der Waals surface area contributed by atoms with E-state index in [1.54, 1.807) is 0 Å². The van der Waals surface area contributed by atoms with Crippen LogP contribution in [0.1, 0.15) is 0 Å². The lowest BCUT2D eigenvalue weighted by Crippen LogP contribution is -2.18. The molecule has 21 heavy (non-hydrogen) atoms. The van der Waals surface area contributed by atoms with E-state index in [0.717, 1.165) is 10.9 Å². The maximum Gasteiger partial charge on any atom is 0.316 e. The van der Waals surface area contributed by atoms with Crippen molar-refractivity contribution in [3.8, 4) is 6.01 Å². The van der Waals surface area contributed by atoms with Crippen LogP contribution in [0.5, 0.6) is 6.01 Å². The van der Waals surface area contributed by atoms with Crippen molar-refractivity contribution in [1.29, 1.82) is 0 Å². The normalized spacial score (nSPS) is 10.5. The van der Waals surface area contributed by atoms with Crippen molar-refractivity contribution in [3.05, 3.63) is 48.9 Å². The van der Waals surface area contributed by atoms with Crippen LogP contribution in [0.15, 0.2) is 48.9 Å². The van der Waals surface area contributed by atoms with Gasteiger partial charge in [0.15, 0.2) is 0 Å². The van der Waals surface area contributed by atoms with E-state index in [0.29, 0.717) is 5.69 Å². The van der Waals surface area contributed by atoms with Crippen LogP contribution >= 0.6 is 0 Å². The van der Waals surface area contributed by atoms with E-state index in [-0.39, 0.29) is 18.5 Å². The Morgan fingerprint density at radius 1 is 1.24 bits per heavy atom. The van der Waals surface area contributed by atoms with Gasteiger partial charge in [-0.1, -0.05) is 18.2 Å². The molecule has 1 N–H and O–H groups in total. The first kappa shape index (κ1) is 13.1. The van der Waals surface area contributed by atoms with Crippen LogP contribution in [0.4, 0.5) is 5.69 Å². The summed E-state index contributed by atoms with van der Waals surface area (Å²) in [5.41, 5.74) is 1.57. The summed E-state index contributed by atoms with van der Waals surface area (Å²) < 4.78 is 6.77. The number of hydrogen-bond acceptors (Lipinski definition) is 4. The Morgan fingerprint density at radius 3 is 2.76 bits per heavy atom. The summed E-state index contributed by atoms with van der Waals surface area (Å²) in [4.78, 5) is 19.9. The van der Waals surface area contributed by atoms with Crippen LogP contribution in [-0.4, -0.2) is 27.6 Å². The molecular weight excluding hydrogens is 268 g/mol. The Kier molecular flexibility index (Phi) is 3.51. The van der Waals surface area contributed by atoms with E-state index >= 15 is 0 Å². The zero-order valence-electron chi connectivity index (χ0n) is 11.5. The van der Waals surface area contributed by atoms with Gasteiger partial charge in [-0.05, 0) is 17.5 Å². The summed E-state index contributed by atoms with van der Waals surface area (Å²) in [5.74, 6) is -0.134. The Hall–Kier alpha value is -2.89. The molecule has 3 rings (SSSR count). The first-order valence-electron chi connectivity index (χ1n) is 6.46. The van der Waals surface area contributed by atoms with Gasteiger partial charge < -0.3 is 14.6 Å². The Morgan fingerprint density at radius 2 is 2.00 bits per heavy atom. The molecule has 1 aromatic carbocycles. The average Bonchev–Trinajstić information content (AvgIpc) is 2.91. The average molecular weight is 282 g/mol. The van der Waals surface area contributed by atoms with Gasteiger partial charge >= 0.3 is 6.01 Å². The Bertz CT molecular complexity index is 765. The predicted molar refractivity (Wildman–Crippen MR) is 79.2 cm³/mol. The first-order chi connectivity index (χ1) is 10.3. The van der Waals surface area contributed by atoms with Crippen molar-refractivity contribution in [3.63, 3.8) is 0 Å². The summed E-state index contributed by atoms with van der Waals surface area (Å²) in [6.45, 7) is 0.236. The number of hydrogen-bond donors (Lipinski definition) is 1. The summed E-state index contributed by atoms with van der Waals surface area (Å²) in [6.07, 6.45) is 4.92. The number of fused-ring (bicyclic) bond motifs is 1. The third kappa shape index (κ3) is 2.84. The van der Waals surface area contributed by atoms with E-state index in [9.17, 15) is 4.79 Å². The van der Waals surface area contributed by atoms with Gasteiger partial charge in [0, 0.05) is 11.7 Å². The zero-order valence-corrected chi connectivity index (χ0v) is 11.5. The van der Waals surface area contributed by atoms with E-state index in [4.69, 9.17) is 4.74 Å². The minimum absolute atomic E-state index is 0.134. The van der Waals surface area contributed by atoms with Crippen LogP contribution < -0.4 is 10.1 Å². The molecule has 0 aliphatic carbocycles. The number of nitrogens with zero attached hydrogens (tertiary/aromatic N) is 3. The number of methoxy groups -OCH3 is 1. The minimum atomic E-state index is -0.134. The van der Waals surface area contributed by atoms with Crippen LogP contribution in [0.2, 0.25) is 0 Å². The molecule has 0 bridgehead atoms. The van der Waals surface area contributed by atoms with E-state index < -0.39 is 0 Å². The van der Waals surface area contributed by atoms with Crippen molar-refractivity contribution < 1.29 is 9.53 Å². The molecule has 3 aromatic rings. The number of para-hydroxylation sites is 1. The lowest BCUT2D eigenvalue weighted by atomic mass is 10.2. The van der Waals surface area contributed by atoms with Crippen molar-refractivity contribution in [1.82, 2.24) is 14.5 Å². The van der Waals surface area contributed by atoms with Gasteiger partial charge in [0.05, 0.1) is 25.2 Å². The summed E-state index contributed by atoms with van der Waals surface area (Å²) >= 11 is 0. The standard InChI is InChI=1S/C15H14N4O2/c1-21-15-16-8-12(9-17-15)18-14(20)10-19-7-6-11-4-2-3-5-13(11)19/h2-9H,10H2,1H3,(H,18,20). The quantitative estimate of drug-likeness (QED) is 0.795. The number of aromatic nitrogens is 3. The second-order valence-corrected chi connectivity index (χ2v) is 4.51. The molecule has 2 heterocycles. The molecule has 0 saturated heterocycles. The monoisotopic (exact) mass is 282 g/mol. The maximum absolute atomic E-state index is 12.1. The number of rotatable bonds is 4. The zero-order chi connectivity index (χ0) is 14.7. The van der Waals surface area contributed by atoms with Gasteiger partial charge in [0.25, 0.3) is 0 Å². The number of carbonyl (C=O) groups is 1. The molecule has 0 saturated carbocycles. The highest BCUT2D eigenvalue weighted by Crippen LogP contribution is 2.15. The summed E-state index contributed by atoms with van der Waals surface area (Å²) in [7, 11) is 1.49. The van der Waals surface area contributed by atoms with Crippen molar-refractivity contribution >= 4 is 22.5 Å². The molecule has 0 radical (unpaired) electrons. The SMILES string of the molecule is COc1ncc(NC(=O)Cn2ccc3ccccc32)cn1. The van der Waals surface area contributed by atoms with Gasteiger partial charge in [-0.2, -0.15) is 0 Å². The van der Waals surface area contributed by atoms with Gasteiger partial charge in [-0.15, -0.1) is 0 Å². The lowest BCUT2D eigenvalue weighted by Gasteiger charge is -2.07. The number of ether oxygens (including phenoxy) is 1. The highest BCUT2D eigenvalue weighted by Gasteiger charge is 2.07. The van der Waals surface area contributed by atoms with E-state index in [2.05, 4.69) is 15.3 Å². The molecule has 6 heteroatoms. The number of amides is 1. The molecule has 106 valence electrons. The molecule has 0 atom stereocenters. The first-order valence-corrected chi connectivity index (χ1v) is 6.46. The number of anilines is 1. The molecule has 1 amide bonds. The minimum Gasteiger partial charge on any atom is -0.467 e. The largest absolute Gasteiger partial charge is 0.467 e. The van der Waals surface area contributed by atoms with Crippen LogP contribution in [0.25, 0.3) is 10.9 Å². The van der Waals surface area contributed by atoms with Gasteiger partial charge in [0.2, 0.25) is 5.91 Å². The third-order valence-electron chi connectivity index (χ3n) is 3.09. The van der Waals surface area contributed by atoms with Gasteiger partial charge in [0.1, 0.15) is 6.54 Å². The van der Waals surface area contributed by atoms with Crippen LogP contribution in [0, 0.1) is 0 Å². The molecule has 0 fully saturated rings. The topological polar surface area (TPSA) is 69.0 Å². The van der Waals surface area contributed by atoms with Crippen molar-refractivity contribution in [2.24, 2.45) is 0 Å². The molecule has 0 aliphatic heterocycles.